The number of dihydropyridines is 1. The molecule has 2 atom stereocenters. The van der Waals surface area contributed by atoms with E-state index in [1.165, 1.54) is 7.11 Å². The number of phenolic OH excluding ortho intramolecular Hbond substituents is 1. The van der Waals surface area contributed by atoms with Crippen LogP contribution in [0.1, 0.15) is 42.7 Å². The van der Waals surface area contributed by atoms with E-state index >= 15 is 0 Å². The van der Waals surface area contributed by atoms with E-state index in [-0.39, 0.29) is 42.8 Å². The van der Waals surface area contributed by atoms with Gasteiger partial charge in [-0.15, -0.1) is 0 Å². The molecule has 0 saturated heterocycles. The Kier molecular flexibility index (Phi) is 9.49. The van der Waals surface area contributed by atoms with Crippen molar-refractivity contribution in [3.8, 4) is 28.7 Å². The first-order chi connectivity index (χ1) is 21.2. The summed E-state index contributed by atoms with van der Waals surface area (Å²) >= 11 is 3.40. The Labute approximate surface area is 264 Å². The smallest absolute Gasteiger partial charge is 0.336 e. The second-order valence-electron chi connectivity index (χ2n) is 10.5. The molecule has 230 valence electrons. The highest BCUT2D eigenvalue weighted by Crippen LogP contribution is 2.48. The van der Waals surface area contributed by atoms with Crippen LogP contribution < -0.4 is 24.3 Å². The van der Waals surface area contributed by atoms with Crippen LogP contribution in [0.4, 0.5) is 0 Å². The Balaban J connectivity index is 1.48. The van der Waals surface area contributed by atoms with Gasteiger partial charge in [0.05, 0.1) is 31.4 Å². The maximum Gasteiger partial charge on any atom is 0.336 e. The number of rotatable bonds is 10. The number of phenols is 1. The first-order valence-corrected chi connectivity index (χ1v) is 14.9. The number of allylic oxidation sites excluding steroid dienone is 3. The van der Waals surface area contributed by atoms with Crippen LogP contribution in [0.5, 0.6) is 28.7 Å². The molecule has 10 heteroatoms. The average Bonchev–Trinajstić information content (AvgIpc) is 3.03. The largest absolute Gasteiger partial charge is 0.503 e. The van der Waals surface area contributed by atoms with Crippen molar-refractivity contribution in [1.29, 1.82) is 0 Å². The minimum absolute atomic E-state index is 0.0149. The van der Waals surface area contributed by atoms with Crippen molar-refractivity contribution < 1.29 is 38.4 Å². The standard InChI is InChI=1S/C34H34BrNO8/c1-19-30(34(39)44-13-12-43-23-8-6-5-7-9-23)31(22-14-24(35)33(38)29(18-22)42-4)32-25(36-19)15-21(16-26(32)37)20-10-11-27(40-2)28(17-20)41-3/h5-11,14,17-18,21,31,36,38H,12-13,15-16H2,1-4H3. The molecule has 44 heavy (non-hydrogen) atoms. The Morgan fingerprint density at radius 1 is 0.909 bits per heavy atom. The van der Waals surface area contributed by atoms with Gasteiger partial charge in [-0.3, -0.25) is 4.79 Å². The number of ether oxygens (including phenoxy) is 5. The molecule has 2 unspecified atom stereocenters. The number of nitrogens with one attached hydrogen (secondary N) is 1. The SMILES string of the molecule is COc1ccc(C2CC(=O)C3=C(C2)NC(C)=C(C(=O)OCCOc2ccccc2)C3c2cc(Br)c(O)c(OC)c2)cc1OC. The number of Topliss-reactive ketones (excluding diaryl/α,β-unsaturated/α-hetero) is 1. The fraction of sp³-hybridized carbons (Fsp3) is 0.294. The van der Waals surface area contributed by atoms with E-state index in [9.17, 15) is 14.7 Å². The van der Waals surface area contributed by atoms with E-state index in [1.54, 1.807) is 33.3 Å². The van der Waals surface area contributed by atoms with Crippen molar-refractivity contribution in [1.82, 2.24) is 5.32 Å². The van der Waals surface area contributed by atoms with Gasteiger partial charge in [-0.05, 0) is 82.7 Å². The summed E-state index contributed by atoms with van der Waals surface area (Å²) in [6.45, 7) is 1.98. The minimum Gasteiger partial charge on any atom is -0.503 e. The molecule has 0 radical (unpaired) electrons. The molecule has 0 amide bonds. The number of carbonyl (C=O) groups is 2. The summed E-state index contributed by atoms with van der Waals surface area (Å²) in [7, 11) is 4.60. The van der Waals surface area contributed by atoms with Crippen LogP contribution in [-0.4, -0.2) is 51.4 Å². The summed E-state index contributed by atoms with van der Waals surface area (Å²) in [4.78, 5) is 27.7. The number of carbonyl (C=O) groups excluding carboxylic acids is 2. The van der Waals surface area contributed by atoms with Crippen LogP contribution >= 0.6 is 15.9 Å². The van der Waals surface area contributed by atoms with Crippen LogP contribution in [0, 0.1) is 0 Å². The van der Waals surface area contributed by atoms with Gasteiger partial charge in [-0.2, -0.15) is 0 Å². The number of hydrogen-bond acceptors (Lipinski definition) is 9. The molecule has 2 aliphatic rings. The van der Waals surface area contributed by atoms with E-state index in [4.69, 9.17) is 23.7 Å². The van der Waals surface area contributed by atoms with E-state index in [2.05, 4.69) is 21.2 Å². The van der Waals surface area contributed by atoms with Gasteiger partial charge in [0.15, 0.2) is 28.8 Å². The highest BCUT2D eigenvalue weighted by molar-refractivity contribution is 9.10. The van der Waals surface area contributed by atoms with E-state index in [0.717, 1.165) is 11.3 Å². The zero-order valence-corrected chi connectivity index (χ0v) is 26.5. The number of benzene rings is 3. The summed E-state index contributed by atoms with van der Waals surface area (Å²) in [5, 5.41) is 13.9. The molecule has 2 N–H and O–H groups in total. The topological polar surface area (TPSA) is 113 Å². The molecule has 5 rings (SSSR count). The van der Waals surface area contributed by atoms with E-state index < -0.39 is 11.9 Å². The van der Waals surface area contributed by atoms with Gasteiger partial charge in [0.1, 0.15) is 19.0 Å². The number of hydrogen-bond donors (Lipinski definition) is 2. The normalized spacial score (nSPS) is 17.9. The Hall–Kier alpha value is -4.44. The van der Waals surface area contributed by atoms with Gasteiger partial charge in [-0.1, -0.05) is 24.3 Å². The molecule has 0 fully saturated rings. The van der Waals surface area contributed by atoms with Crippen molar-refractivity contribution in [2.24, 2.45) is 0 Å². The highest BCUT2D eigenvalue weighted by Gasteiger charge is 2.42. The fourth-order valence-electron chi connectivity index (χ4n) is 5.79. The van der Waals surface area contributed by atoms with Gasteiger partial charge in [0.2, 0.25) is 0 Å². The van der Waals surface area contributed by atoms with E-state index in [1.807, 2.05) is 48.5 Å². The Bertz CT molecular complexity index is 1630. The maximum absolute atomic E-state index is 14.0. The molecule has 0 bridgehead atoms. The quantitative estimate of drug-likeness (QED) is 0.194. The molecule has 1 heterocycles. The van der Waals surface area contributed by atoms with Crippen LogP contribution in [-0.2, 0) is 14.3 Å². The van der Waals surface area contributed by atoms with E-state index in [0.29, 0.717) is 50.5 Å². The summed E-state index contributed by atoms with van der Waals surface area (Å²) in [6, 6.07) is 18.3. The van der Waals surface area contributed by atoms with Crippen molar-refractivity contribution in [2.75, 3.05) is 34.5 Å². The lowest BCUT2D eigenvalue weighted by molar-refractivity contribution is -0.140. The molecule has 0 spiro atoms. The van der Waals surface area contributed by atoms with Crippen molar-refractivity contribution in [3.05, 3.63) is 98.8 Å². The first kappa shape index (κ1) is 31.0. The lowest BCUT2D eigenvalue weighted by Gasteiger charge is -2.37. The summed E-state index contributed by atoms with van der Waals surface area (Å²) in [5.41, 5.74) is 3.65. The van der Waals surface area contributed by atoms with Crippen molar-refractivity contribution in [3.63, 3.8) is 0 Å². The van der Waals surface area contributed by atoms with Crippen LogP contribution in [0.2, 0.25) is 0 Å². The number of ketones is 1. The summed E-state index contributed by atoms with van der Waals surface area (Å²) in [5.74, 6) is 0.461. The number of halogens is 1. The average molecular weight is 665 g/mol. The Morgan fingerprint density at radius 3 is 2.32 bits per heavy atom. The molecule has 1 aliphatic heterocycles. The number of para-hydroxylation sites is 1. The molecule has 0 aromatic heterocycles. The third kappa shape index (κ3) is 6.26. The number of methoxy groups -OCH3 is 3. The van der Waals surface area contributed by atoms with Gasteiger partial charge < -0.3 is 34.1 Å². The van der Waals surface area contributed by atoms with Gasteiger partial charge in [0, 0.05) is 29.3 Å². The van der Waals surface area contributed by atoms with Gasteiger partial charge >= 0.3 is 5.97 Å². The predicted octanol–water partition coefficient (Wildman–Crippen LogP) is 6.16. The molecule has 3 aromatic carbocycles. The lowest BCUT2D eigenvalue weighted by atomic mass is 9.71. The molecular weight excluding hydrogens is 630 g/mol. The highest BCUT2D eigenvalue weighted by atomic mass is 79.9. The second kappa shape index (κ2) is 13.5. The molecular formula is C34H34BrNO8. The second-order valence-corrected chi connectivity index (χ2v) is 11.3. The monoisotopic (exact) mass is 663 g/mol. The number of esters is 1. The molecule has 0 saturated carbocycles. The predicted molar refractivity (Wildman–Crippen MR) is 167 cm³/mol. The zero-order chi connectivity index (χ0) is 31.4. The summed E-state index contributed by atoms with van der Waals surface area (Å²) in [6.07, 6.45) is 0.767. The number of aromatic hydroxyl groups is 1. The fourth-order valence-corrected chi connectivity index (χ4v) is 6.25. The van der Waals surface area contributed by atoms with Crippen LogP contribution in [0.15, 0.2) is 87.7 Å². The van der Waals surface area contributed by atoms with Crippen molar-refractivity contribution in [2.45, 2.75) is 31.6 Å². The maximum atomic E-state index is 14.0. The minimum atomic E-state index is -0.751. The Morgan fingerprint density at radius 2 is 1.61 bits per heavy atom. The zero-order valence-electron chi connectivity index (χ0n) is 24.9. The third-order valence-electron chi connectivity index (χ3n) is 7.86. The van der Waals surface area contributed by atoms with Crippen LogP contribution in [0.3, 0.4) is 0 Å². The van der Waals surface area contributed by atoms with Crippen LogP contribution in [0.25, 0.3) is 0 Å². The molecule has 9 nitrogen and oxygen atoms in total. The van der Waals surface area contributed by atoms with Gasteiger partial charge in [-0.25, -0.2) is 4.79 Å². The first-order valence-electron chi connectivity index (χ1n) is 14.1. The molecule has 3 aromatic rings. The lowest BCUT2D eigenvalue weighted by Crippen LogP contribution is -2.36. The third-order valence-corrected chi connectivity index (χ3v) is 8.46. The van der Waals surface area contributed by atoms with Gasteiger partial charge in [0.25, 0.3) is 0 Å². The summed E-state index contributed by atoms with van der Waals surface area (Å²) < 4.78 is 28.0. The van der Waals surface area contributed by atoms with Crippen molar-refractivity contribution >= 4 is 27.7 Å². The molecule has 1 aliphatic carbocycles.